The Balaban J connectivity index is 1.84. The molecule has 2 heteroatoms. The van der Waals surface area contributed by atoms with Crippen LogP contribution < -0.4 is 10.1 Å². The summed E-state index contributed by atoms with van der Waals surface area (Å²) in [5.74, 6) is 0.976. The topological polar surface area (TPSA) is 21.3 Å². The molecule has 21 heavy (non-hydrogen) atoms. The zero-order valence-corrected chi connectivity index (χ0v) is 12.8. The van der Waals surface area contributed by atoms with Gasteiger partial charge in [-0.05, 0) is 24.6 Å². The molecule has 0 aromatic heterocycles. The van der Waals surface area contributed by atoms with Crippen molar-refractivity contribution >= 4 is 0 Å². The predicted octanol–water partition coefficient (Wildman–Crippen LogP) is 4.55. The van der Waals surface area contributed by atoms with E-state index >= 15 is 0 Å². The van der Waals surface area contributed by atoms with Gasteiger partial charge in [0.2, 0.25) is 0 Å². The molecule has 0 heterocycles. The lowest BCUT2D eigenvalue weighted by molar-refractivity contribution is 0.302. The van der Waals surface area contributed by atoms with Crippen molar-refractivity contribution in [2.45, 2.75) is 39.3 Å². The highest BCUT2D eigenvalue weighted by atomic mass is 16.5. The van der Waals surface area contributed by atoms with E-state index in [1.807, 2.05) is 30.3 Å². The van der Waals surface area contributed by atoms with E-state index in [4.69, 9.17) is 4.74 Å². The van der Waals surface area contributed by atoms with Crippen LogP contribution >= 0.6 is 0 Å². The van der Waals surface area contributed by atoms with E-state index in [1.54, 1.807) is 0 Å². The van der Waals surface area contributed by atoms with Gasteiger partial charge < -0.3 is 10.1 Å². The molecule has 2 nitrogen and oxygen atoms in total. The Kier molecular flexibility index (Phi) is 6.82. The summed E-state index contributed by atoms with van der Waals surface area (Å²) in [5, 5.41) is 3.50. The minimum atomic E-state index is 0.619. The van der Waals surface area contributed by atoms with E-state index in [0.717, 1.165) is 18.8 Å². The molecule has 0 aliphatic carbocycles. The second-order valence-electron chi connectivity index (χ2n) is 5.27. The quantitative estimate of drug-likeness (QED) is 0.682. The minimum absolute atomic E-state index is 0.619. The van der Waals surface area contributed by atoms with E-state index in [9.17, 15) is 0 Å². The second-order valence-corrected chi connectivity index (χ2v) is 5.27. The lowest BCUT2D eigenvalue weighted by atomic mass is 10.2. The molecular weight excluding hydrogens is 258 g/mol. The van der Waals surface area contributed by atoms with Crippen LogP contribution in [0.25, 0.3) is 0 Å². The van der Waals surface area contributed by atoms with Crippen LogP contribution in [-0.2, 0) is 13.2 Å². The highest BCUT2D eigenvalue weighted by Gasteiger charge is 2.03. The van der Waals surface area contributed by atoms with Crippen molar-refractivity contribution in [3.05, 3.63) is 65.7 Å². The lowest BCUT2D eigenvalue weighted by Gasteiger charge is -2.12. The molecule has 2 aromatic rings. The predicted molar refractivity (Wildman–Crippen MR) is 88.4 cm³/mol. The maximum absolute atomic E-state index is 5.96. The van der Waals surface area contributed by atoms with E-state index in [1.165, 1.54) is 30.4 Å². The fourth-order valence-electron chi connectivity index (χ4n) is 2.25. The molecule has 0 saturated heterocycles. The van der Waals surface area contributed by atoms with Crippen LogP contribution in [0, 0.1) is 0 Å². The summed E-state index contributed by atoms with van der Waals surface area (Å²) in [5.41, 5.74) is 2.42. The molecule has 0 aliphatic heterocycles. The van der Waals surface area contributed by atoms with E-state index in [0.29, 0.717) is 6.61 Å². The van der Waals surface area contributed by atoms with Gasteiger partial charge in [-0.3, -0.25) is 0 Å². The molecule has 0 atom stereocenters. The molecule has 0 fully saturated rings. The molecule has 0 saturated carbocycles. The average molecular weight is 283 g/mol. The standard InChI is InChI=1S/C19H25NO/c1-2-3-9-14-20-15-18-12-7-8-13-19(18)21-16-17-10-5-4-6-11-17/h4-8,10-13,20H,2-3,9,14-16H2,1H3. The monoisotopic (exact) mass is 283 g/mol. The van der Waals surface area contributed by atoms with E-state index in [2.05, 4.69) is 36.5 Å². The van der Waals surface area contributed by atoms with Crippen LogP contribution in [0.5, 0.6) is 5.75 Å². The molecule has 2 rings (SSSR count). The van der Waals surface area contributed by atoms with Gasteiger partial charge in [0.25, 0.3) is 0 Å². The van der Waals surface area contributed by atoms with Crippen molar-refractivity contribution < 1.29 is 4.74 Å². The summed E-state index contributed by atoms with van der Waals surface area (Å²) >= 11 is 0. The van der Waals surface area contributed by atoms with Gasteiger partial charge in [-0.1, -0.05) is 68.3 Å². The number of para-hydroxylation sites is 1. The fraction of sp³-hybridized carbons (Fsp3) is 0.368. The van der Waals surface area contributed by atoms with Gasteiger partial charge in [0.05, 0.1) is 0 Å². The smallest absolute Gasteiger partial charge is 0.124 e. The SMILES string of the molecule is CCCCCNCc1ccccc1OCc1ccccc1. The summed E-state index contributed by atoms with van der Waals surface area (Å²) in [6.07, 6.45) is 3.79. The first kappa shape index (κ1) is 15.6. The van der Waals surface area contributed by atoms with Gasteiger partial charge in [0, 0.05) is 12.1 Å². The number of unbranched alkanes of at least 4 members (excludes halogenated alkanes) is 2. The molecule has 0 unspecified atom stereocenters. The van der Waals surface area contributed by atoms with Gasteiger partial charge in [-0.2, -0.15) is 0 Å². The lowest BCUT2D eigenvalue weighted by Crippen LogP contribution is -2.15. The maximum Gasteiger partial charge on any atom is 0.124 e. The first-order valence-corrected chi connectivity index (χ1v) is 7.85. The Morgan fingerprint density at radius 2 is 1.67 bits per heavy atom. The van der Waals surface area contributed by atoms with Crippen LogP contribution in [0.2, 0.25) is 0 Å². The zero-order valence-electron chi connectivity index (χ0n) is 12.8. The molecule has 112 valence electrons. The van der Waals surface area contributed by atoms with Gasteiger partial charge in [-0.25, -0.2) is 0 Å². The number of nitrogens with one attached hydrogen (secondary N) is 1. The summed E-state index contributed by atoms with van der Waals surface area (Å²) in [6, 6.07) is 18.6. The molecule has 0 bridgehead atoms. The largest absolute Gasteiger partial charge is 0.489 e. The summed E-state index contributed by atoms with van der Waals surface area (Å²) in [4.78, 5) is 0. The molecule has 0 aliphatic rings. The molecular formula is C19H25NO. The van der Waals surface area contributed by atoms with Gasteiger partial charge in [-0.15, -0.1) is 0 Å². The first-order chi connectivity index (χ1) is 10.4. The van der Waals surface area contributed by atoms with Crippen LogP contribution in [0.3, 0.4) is 0 Å². The summed E-state index contributed by atoms with van der Waals surface area (Å²) in [6.45, 7) is 4.79. The zero-order chi connectivity index (χ0) is 14.8. The number of hydrogen-bond acceptors (Lipinski definition) is 2. The third-order valence-corrected chi connectivity index (χ3v) is 3.48. The first-order valence-electron chi connectivity index (χ1n) is 7.85. The van der Waals surface area contributed by atoms with Gasteiger partial charge in [0.15, 0.2) is 0 Å². The highest BCUT2D eigenvalue weighted by Crippen LogP contribution is 2.19. The Morgan fingerprint density at radius 3 is 2.48 bits per heavy atom. The van der Waals surface area contributed by atoms with Crippen molar-refractivity contribution in [3.8, 4) is 5.75 Å². The Morgan fingerprint density at radius 1 is 0.905 bits per heavy atom. The Bertz CT molecular complexity index is 510. The Hall–Kier alpha value is -1.80. The molecule has 2 aromatic carbocycles. The molecule has 0 amide bonds. The molecule has 1 N–H and O–H groups in total. The number of ether oxygens (including phenoxy) is 1. The normalized spacial score (nSPS) is 10.5. The van der Waals surface area contributed by atoms with Crippen molar-refractivity contribution in [2.24, 2.45) is 0 Å². The van der Waals surface area contributed by atoms with Crippen molar-refractivity contribution in [1.82, 2.24) is 5.32 Å². The second kappa shape index (κ2) is 9.19. The molecule has 0 spiro atoms. The third kappa shape index (κ3) is 5.60. The van der Waals surface area contributed by atoms with Crippen LogP contribution in [-0.4, -0.2) is 6.54 Å². The average Bonchev–Trinajstić information content (AvgIpc) is 2.55. The number of benzene rings is 2. The van der Waals surface area contributed by atoms with Crippen LogP contribution in [0.1, 0.15) is 37.3 Å². The van der Waals surface area contributed by atoms with E-state index in [-0.39, 0.29) is 0 Å². The summed E-state index contributed by atoms with van der Waals surface area (Å²) < 4.78 is 5.96. The fourth-order valence-corrected chi connectivity index (χ4v) is 2.25. The van der Waals surface area contributed by atoms with Crippen LogP contribution in [0.15, 0.2) is 54.6 Å². The number of rotatable bonds is 9. The van der Waals surface area contributed by atoms with Crippen molar-refractivity contribution in [3.63, 3.8) is 0 Å². The number of hydrogen-bond donors (Lipinski definition) is 1. The molecule has 0 radical (unpaired) electrons. The van der Waals surface area contributed by atoms with Crippen molar-refractivity contribution in [2.75, 3.05) is 6.54 Å². The van der Waals surface area contributed by atoms with E-state index < -0.39 is 0 Å². The Labute approximate surface area is 128 Å². The summed E-state index contributed by atoms with van der Waals surface area (Å²) in [7, 11) is 0. The van der Waals surface area contributed by atoms with Crippen LogP contribution in [0.4, 0.5) is 0 Å². The minimum Gasteiger partial charge on any atom is -0.489 e. The maximum atomic E-state index is 5.96. The van der Waals surface area contributed by atoms with Gasteiger partial charge >= 0.3 is 0 Å². The third-order valence-electron chi connectivity index (χ3n) is 3.48. The highest BCUT2D eigenvalue weighted by molar-refractivity contribution is 5.33. The van der Waals surface area contributed by atoms with Crippen molar-refractivity contribution in [1.29, 1.82) is 0 Å². The van der Waals surface area contributed by atoms with Gasteiger partial charge in [0.1, 0.15) is 12.4 Å².